The highest BCUT2D eigenvalue weighted by molar-refractivity contribution is 7.24. The number of fused-ring (bicyclic) bond motifs is 10. The Morgan fingerprint density at radius 2 is 1.24 bits per heavy atom. The minimum absolute atomic E-state index is 1.14. The van der Waals surface area contributed by atoms with Crippen molar-refractivity contribution in [2.45, 2.75) is 0 Å². The van der Waals surface area contributed by atoms with Crippen LogP contribution < -0.4 is 20.7 Å². The van der Waals surface area contributed by atoms with Gasteiger partial charge in [0.1, 0.15) is 0 Å². The molecule has 0 N–H and O–H groups in total. The summed E-state index contributed by atoms with van der Waals surface area (Å²) in [5, 5.41) is 5.71. The van der Waals surface area contributed by atoms with Crippen molar-refractivity contribution in [3.05, 3.63) is 85.3 Å². The van der Waals surface area contributed by atoms with Crippen LogP contribution in [0.1, 0.15) is 0 Å². The van der Waals surface area contributed by atoms with E-state index in [1.807, 2.05) is 12.4 Å². The lowest BCUT2D eigenvalue weighted by Crippen LogP contribution is -2.70. The topological polar surface area (TPSA) is 25.8 Å². The standard InChI is InChI=1S/C22H14N2Si/c1-3-8-18-15(6-1)16-7-2-4-9-19(16)25(18)20-10-5-12-24-22(20)17-11-13-23-14-21(17)25/h1-14H. The highest BCUT2D eigenvalue weighted by Gasteiger charge is 2.54. The summed E-state index contributed by atoms with van der Waals surface area (Å²) in [5.41, 5.74) is 5.13. The molecule has 116 valence electrons. The van der Waals surface area contributed by atoms with Gasteiger partial charge in [0.05, 0.1) is 5.69 Å². The number of aromatic nitrogens is 2. The summed E-state index contributed by atoms with van der Waals surface area (Å²) in [6.07, 6.45) is 5.88. The van der Waals surface area contributed by atoms with Gasteiger partial charge in [0, 0.05) is 24.2 Å². The lowest BCUT2D eigenvalue weighted by Gasteiger charge is -2.26. The predicted octanol–water partition coefficient (Wildman–Crippen LogP) is 1.81. The van der Waals surface area contributed by atoms with E-state index in [4.69, 9.17) is 4.98 Å². The van der Waals surface area contributed by atoms with E-state index in [1.54, 1.807) is 0 Å². The van der Waals surface area contributed by atoms with E-state index in [0.29, 0.717) is 0 Å². The second-order valence-electron chi connectivity index (χ2n) is 6.66. The lowest BCUT2D eigenvalue weighted by molar-refractivity contribution is 1.32. The average Bonchev–Trinajstić information content (AvgIpc) is 3.16. The maximum absolute atomic E-state index is 4.77. The van der Waals surface area contributed by atoms with Crippen LogP contribution in [-0.4, -0.2) is 18.0 Å². The zero-order valence-corrected chi connectivity index (χ0v) is 14.5. The first-order valence-electron chi connectivity index (χ1n) is 8.52. The van der Waals surface area contributed by atoms with Crippen molar-refractivity contribution in [1.82, 2.24) is 9.97 Å². The van der Waals surface area contributed by atoms with Gasteiger partial charge < -0.3 is 0 Å². The average molecular weight is 334 g/mol. The van der Waals surface area contributed by atoms with Crippen molar-refractivity contribution >= 4 is 28.8 Å². The van der Waals surface area contributed by atoms with Crippen molar-refractivity contribution in [3.8, 4) is 22.4 Å². The van der Waals surface area contributed by atoms with E-state index in [9.17, 15) is 0 Å². The van der Waals surface area contributed by atoms with E-state index in [-0.39, 0.29) is 0 Å². The largest absolute Gasteiger partial charge is 0.265 e. The van der Waals surface area contributed by atoms with Crippen LogP contribution in [0.3, 0.4) is 0 Å². The Balaban J connectivity index is 1.89. The van der Waals surface area contributed by atoms with Crippen molar-refractivity contribution in [1.29, 1.82) is 0 Å². The summed E-state index contributed by atoms with van der Waals surface area (Å²) in [5.74, 6) is 0. The van der Waals surface area contributed by atoms with Gasteiger partial charge in [-0.15, -0.1) is 0 Å². The van der Waals surface area contributed by atoms with E-state index < -0.39 is 8.07 Å². The second kappa shape index (κ2) is 4.52. The molecule has 4 heterocycles. The zero-order chi connectivity index (χ0) is 16.4. The molecule has 0 radical (unpaired) electrons. The Hall–Kier alpha value is -3.04. The molecule has 2 aliphatic rings. The number of hydrogen-bond donors (Lipinski definition) is 0. The van der Waals surface area contributed by atoms with E-state index in [2.05, 4.69) is 77.9 Å². The molecule has 4 aromatic rings. The van der Waals surface area contributed by atoms with Crippen LogP contribution in [0.25, 0.3) is 22.4 Å². The number of pyridine rings is 2. The van der Waals surface area contributed by atoms with Crippen LogP contribution in [0, 0.1) is 0 Å². The van der Waals surface area contributed by atoms with Gasteiger partial charge in [-0.3, -0.25) is 9.97 Å². The molecule has 25 heavy (non-hydrogen) atoms. The van der Waals surface area contributed by atoms with Crippen molar-refractivity contribution in [3.63, 3.8) is 0 Å². The third kappa shape index (κ3) is 1.41. The van der Waals surface area contributed by atoms with Gasteiger partial charge in [0.2, 0.25) is 0 Å². The number of nitrogens with zero attached hydrogens (tertiary/aromatic N) is 2. The monoisotopic (exact) mass is 334 g/mol. The van der Waals surface area contributed by atoms with Crippen LogP contribution in [0.15, 0.2) is 85.3 Å². The normalized spacial score (nSPS) is 14.7. The summed E-state index contributed by atoms with van der Waals surface area (Å²) in [7, 11) is -2.28. The van der Waals surface area contributed by atoms with Crippen molar-refractivity contribution in [2.24, 2.45) is 0 Å². The Morgan fingerprint density at radius 3 is 2.00 bits per heavy atom. The molecule has 0 bridgehead atoms. The quantitative estimate of drug-likeness (QED) is 0.396. The summed E-state index contributed by atoms with van der Waals surface area (Å²) in [6.45, 7) is 0. The molecule has 6 rings (SSSR count). The maximum Gasteiger partial charge on any atom is 0.185 e. The van der Waals surface area contributed by atoms with Gasteiger partial charge in [-0.1, -0.05) is 54.6 Å². The van der Waals surface area contributed by atoms with Gasteiger partial charge >= 0.3 is 0 Å². The van der Waals surface area contributed by atoms with Crippen LogP contribution >= 0.6 is 0 Å². The van der Waals surface area contributed by atoms with E-state index in [1.165, 1.54) is 37.4 Å². The molecule has 0 unspecified atom stereocenters. The first-order valence-corrected chi connectivity index (χ1v) is 10.5. The first-order chi connectivity index (χ1) is 12.4. The summed E-state index contributed by atoms with van der Waals surface area (Å²) >= 11 is 0. The Labute approximate surface area is 146 Å². The minimum Gasteiger partial charge on any atom is -0.265 e. The molecule has 0 aliphatic carbocycles. The fraction of sp³-hybridized carbons (Fsp3) is 0. The molecule has 2 aliphatic heterocycles. The van der Waals surface area contributed by atoms with Crippen LogP contribution in [0.4, 0.5) is 0 Å². The molecule has 2 nitrogen and oxygen atoms in total. The third-order valence-corrected chi connectivity index (χ3v) is 10.6. The van der Waals surface area contributed by atoms with Crippen molar-refractivity contribution in [2.75, 3.05) is 0 Å². The first kappa shape index (κ1) is 13.3. The van der Waals surface area contributed by atoms with E-state index in [0.717, 1.165) is 5.69 Å². The fourth-order valence-corrected chi connectivity index (χ4v) is 10.2. The van der Waals surface area contributed by atoms with Gasteiger partial charge in [0.15, 0.2) is 8.07 Å². The highest BCUT2D eigenvalue weighted by Crippen LogP contribution is 2.34. The van der Waals surface area contributed by atoms with Crippen LogP contribution in [0.5, 0.6) is 0 Å². The highest BCUT2D eigenvalue weighted by atomic mass is 28.3. The van der Waals surface area contributed by atoms with E-state index >= 15 is 0 Å². The number of hydrogen-bond acceptors (Lipinski definition) is 2. The van der Waals surface area contributed by atoms with Crippen LogP contribution in [0.2, 0.25) is 0 Å². The lowest BCUT2D eigenvalue weighted by atomic mass is 10.1. The van der Waals surface area contributed by atoms with Gasteiger partial charge in [-0.2, -0.15) is 0 Å². The molecular weight excluding hydrogens is 320 g/mol. The number of benzene rings is 2. The third-order valence-electron chi connectivity index (χ3n) is 5.64. The Kier molecular flexibility index (Phi) is 2.40. The zero-order valence-electron chi connectivity index (χ0n) is 13.5. The molecule has 3 heteroatoms. The van der Waals surface area contributed by atoms with Gasteiger partial charge in [-0.25, -0.2) is 0 Å². The SMILES string of the molecule is c1ccc2c(c1)-c1ccccc1[Si]21c2cnccc2-c2ncccc21. The van der Waals surface area contributed by atoms with Crippen molar-refractivity contribution < 1.29 is 0 Å². The molecule has 0 amide bonds. The molecular formula is C22H14N2Si. The predicted molar refractivity (Wildman–Crippen MR) is 104 cm³/mol. The maximum atomic E-state index is 4.77. The minimum atomic E-state index is -2.28. The Bertz CT molecular complexity index is 978. The molecule has 0 fully saturated rings. The molecule has 0 saturated carbocycles. The van der Waals surface area contributed by atoms with Gasteiger partial charge in [-0.05, 0) is 44.0 Å². The molecule has 0 saturated heterocycles. The van der Waals surface area contributed by atoms with Crippen LogP contribution in [-0.2, 0) is 0 Å². The van der Waals surface area contributed by atoms with Gasteiger partial charge in [0.25, 0.3) is 0 Å². The second-order valence-corrected chi connectivity index (χ2v) is 10.3. The summed E-state index contributed by atoms with van der Waals surface area (Å²) in [4.78, 5) is 9.28. The fourth-order valence-electron chi connectivity index (χ4n) is 4.78. The summed E-state index contributed by atoms with van der Waals surface area (Å²) < 4.78 is 0. The molecule has 2 aromatic heterocycles. The Morgan fingerprint density at radius 1 is 0.560 bits per heavy atom. The molecule has 0 atom stereocenters. The summed E-state index contributed by atoms with van der Waals surface area (Å²) in [6, 6.07) is 24.3. The number of rotatable bonds is 0. The molecule has 1 spiro atoms. The molecule has 2 aromatic carbocycles. The smallest absolute Gasteiger partial charge is 0.185 e.